The summed E-state index contributed by atoms with van der Waals surface area (Å²) in [5.41, 5.74) is 2.03. The van der Waals surface area contributed by atoms with Crippen molar-refractivity contribution in [1.29, 1.82) is 0 Å². The van der Waals surface area contributed by atoms with E-state index in [0.717, 1.165) is 69.7 Å². The summed E-state index contributed by atoms with van der Waals surface area (Å²) in [6.45, 7) is 4.38. The SMILES string of the molecule is O=C(c1cc([C@@H]2CCCN(Cc3ccc(Cl)c(Cl)c3)C2)no1)N1CCCC1. The van der Waals surface area contributed by atoms with Crippen LogP contribution in [0, 0.1) is 0 Å². The minimum atomic E-state index is -0.0327. The lowest BCUT2D eigenvalue weighted by Gasteiger charge is -2.31. The summed E-state index contributed by atoms with van der Waals surface area (Å²) in [7, 11) is 0. The van der Waals surface area contributed by atoms with E-state index in [4.69, 9.17) is 27.7 Å². The summed E-state index contributed by atoms with van der Waals surface area (Å²) < 4.78 is 5.38. The maximum Gasteiger partial charge on any atom is 0.292 e. The molecule has 1 aromatic heterocycles. The molecule has 1 atom stereocenters. The van der Waals surface area contributed by atoms with E-state index in [2.05, 4.69) is 10.1 Å². The van der Waals surface area contributed by atoms with Gasteiger partial charge >= 0.3 is 0 Å². The smallest absolute Gasteiger partial charge is 0.292 e. The Kier molecular flexibility index (Phi) is 5.71. The molecule has 0 saturated carbocycles. The standard InChI is InChI=1S/C20H23Cl2N3O2/c21-16-6-5-14(10-17(16)22)12-24-7-3-4-15(13-24)18-11-19(27-23-18)20(26)25-8-1-2-9-25/h5-6,10-11,15H,1-4,7-9,12-13H2/t15-/m1/s1. The first kappa shape index (κ1) is 18.8. The molecule has 0 bridgehead atoms. The van der Waals surface area contributed by atoms with Crippen LogP contribution in [0.3, 0.4) is 0 Å². The van der Waals surface area contributed by atoms with Gasteiger partial charge in [-0.05, 0) is 49.9 Å². The van der Waals surface area contributed by atoms with Gasteiger partial charge in [-0.25, -0.2) is 0 Å². The van der Waals surface area contributed by atoms with Gasteiger partial charge in [-0.3, -0.25) is 9.69 Å². The summed E-state index contributed by atoms with van der Waals surface area (Å²) in [6, 6.07) is 7.62. The van der Waals surface area contributed by atoms with Crippen molar-refractivity contribution in [3.63, 3.8) is 0 Å². The zero-order chi connectivity index (χ0) is 18.8. The van der Waals surface area contributed by atoms with Crippen LogP contribution < -0.4 is 0 Å². The zero-order valence-electron chi connectivity index (χ0n) is 15.2. The maximum absolute atomic E-state index is 12.5. The summed E-state index contributed by atoms with van der Waals surface area (Å²) >= 11 is 12.1. The average molecular weight is 408 g/mol. The van der Waals surface area contributed by atoms with Gasteiger partial charge in [0.15, 0.2) is 0 Å². The number of aromatic nitrogens is 1. The van der Waals surface area contributed by atoms with Crippen LogP contribution in [0.2, 0.25) is 10.0 Å². The predicted octanol–water partition coefficient (Wildman–Crippen LogP) is 4.60. The zero-order valence-corrected chi connectivity index (χ0v) is 16.7. The third-order valence-corrected chi connectivity index (χ3v) is 6.19. The minimum absolute atomic E-state index is 0.0327. The van der Waals surface area contributed by atoms with Crippen LogP contribution in [0.25, 0.3) is 0 Å². The molecule has 2 aliphatic rings. The van der Waals surface area contributed by atoms with E-state index in [1.54, 1.807) is 0 Å². The van der Waals surface area contributed by atoms with E-state index in [1.807, 2.05) is 29.2 Å². The molecule has 0 aliphatic carbocycles. The normalized spacial score (nSPS) is 21.0. The molecule has 144 valence electrons. The molecule has 0 unspecified atom stereocenters. The van der Waals surface area contributed by atoms with Crippen molar-refractivity contribution in [3.05, 3.63) is 51.3 Å². The van der Waals surface area contributed by atoms with Crippen LogP contribution in [0.5, 0.6) is 0 Å². The number of piperidine rings is 1. The van der Waals surface area contributed by atoms with Crippen molar-refractivity contribution < 1.29 is 9.32 Å². The molecule has 5 nitrogen and oxygen atoms in total. The molecule has 4 rings (SSSR count). The fraction of sp³-hybridized carbons (Fsp3) is 0.500. The van der Waals surface area contributed by atoms with Crippen molar-refractivity contribution in [2.45, 2.75) is 38.1 Å². The summed E-state index contributed by atoms with van der Waals surface area (Å²) in [4.78, 5) is 16.7. The van der Waals surface area contributed by atoms with Crippen LogP contribution in [-0.4, -0.2) is 47.0 Å². The highest BCUT2D eigenvalue weighted by atomic mass is 35.5. The third kappa shape index (κ3) is 4.31. The summed E-state index contributed by atoms with van der Waals surface area (Å²) in [5, 5.41) is 5.38. The molecule has 27 heavy (non-hydrogen) atoms. The maximum atomic E-state index is 12.5. The Hall–Kier alpha value is -1.56. The quantitative estimate of drug-likeness (QED) is 0.742. The number of amides is 1. The Morgan fingerprint density at radius 1 is 1.11 bits per heavy atom. The van der Waals surface area contributed by atoms with Crippen molar-refractivity contribution in [2.24, 2.45) is 0 Å². The molecule has 2 aliphatic heterocycles. The Labute approximate surface area is 169 Å². The van der Waals surface area contributed by atoms with Gasteiger partial charge in [0, 0.05) is 38.2 Å². The first-order chi connectivity index (χ1) is 13.1. The predicted molar refractivity (Wildman–Crippen MR) is 105 cm³/mol. The number of halogens is 2. The van der Waals surface area contributed by atoms with E-state index in [9.17, 15) is 4.79 Å². The van der Waals surface area contributed by atoms with Crippen molar-refractivity contribution >= 4 is 29.1 Å². The number of nitrogens with zero attached hydrogens (tertiary/aromatic N) is 3. The van der Waals surface area contributed by atoms with Gasteiger partial charge in [-0.2, -0.15) is 0 Å². The van der Waals surface area contributed by atoms with Crippen LogP contribution in [0.1, 0.15) is 53.4 Å². The number of carbonyl (C=O) groups is 1. The van der Waals surface area contributed by atoms with E-state index in [0.29, 0.717) is 15.8 Å². The first-order valence-corrected chi connectivity index (χ1v) is 10.3. The molecule has 7 heteroatoms. The van der Waals surface area contributed by atoms with Crippen LogP contribution in [0.15, 0.2) is 28.8 Å². The fourth-order valence-electron chi connectivity index (χ4n) is 3.99. The summed E-state index contributed by atoms with van der Waals surface area (Å²) in [6.07, 6.45) is 4.29. The topological polar surface area (TPSA) is 49.6 Å². The van der Waals surface area contributed by atoms with Crippen LogP contribution in [0.4, 0.5) is 0 Å². The Bertz CT molecular complexity index is 817. The van der Waals surface area contributed by atoms with Gasteiger partial charge in [-0.15, -0.1) is 0 Å². The average Bonchev–Trinajstić information content (AvgIpc) is 3.36. The van der Waals surface area contributed by atoms with E-state index in [-0.39, 0.29) is 11.8 Å². The highest BCUT2D eigenvalue weighted by molar-refractivity contribution is 6.42. The molecular formula is C20H23Cl2N3O2. The van der Waals surface area contributed by atoms with Crippen molar-refractivity contribution in [1.82, 2.24) is 15.0 Å². The fourth-order valence-corrected chi connectivity index (χ4v) is 4.32. The number of benzene rings is 1. The molecule has 0 spiro atoms. The minimum Gasteiger partial charge on any atom is -0.351 e. The largest absolute Gasteiger partial charge is 0.351 e. The van der Waals surface area contributed by atoms with Gasteiger partial charge in [0.05, 0.1) is 15.7 Å². The molecule has 2 saturated heterocycles. The first-order valence-electron chi connectivity index (χ1n) is 9.52. The number of hydrogen-bond donors (Lipinski definition) is 0. The van der Waals surface area contributed by atoms with Gasteiger partial charge in [0.25, 0.3) is 5.91 Å². The Morgan fingerprint density at radius 2 is 1.93 bits per heavy atom. The van der Waals surface area contributed by atoms with Gasteiger partial charge < -0.3 is 9.42 Å². The van der Waals surface area contributed by atoms with Crippen molar-refractivity contribution in [2.75, 3.05) is 26.2 Å². The Morgan fingerprint density at radius 3 is 2.70 bits per heavy atom. The second-order valence-electron chi connectivity index (χ2n) is 7.44. The van der Waals surface area contributed by atoms with Gasteiger partial charge in [0.2, 0.25) is 5.76 Å². The molecule has 3 heterocycles. The van der Waals surface area contributed by atoms with Gasteiger partial charge in [0.1, 0.15) is 0 Å². The second kappa shape index (κ2) is 8.21. The van der Waals surface area contributed by atoms with Crippen molar-refractivity contribution in [3.8, 4) is 0 Å². The monoisotopic (exact) mass is 407 g/mol. The molecular weight excluding hydrogens is 385 g/mol. The second-order valence-corrected chi connectivity index (χ2v) is 8.25. The number of carbonyl (C=O) groups excluding carboxylic acids is 1. The highest BCUT2D eigenvalue weighted by Crippen LogP contribution is 2.29. The molecule has 1 amide bonds. The molecule has 2 fully saturated rings. The number of hydrogen-bond acceptors (Lipinski definition) is 4. The molecule has 1 aromatic carbocycles. The van der Waals surface area contributed by atoms with Crippen LogP contribution >= 0.6 is 23.2 Å². The summed E-state index contributed by atoms with van der Waals surface area (Å²) in [5.74, 6) is 0.619. The van der Waals surface area contributed by atoms with Gasteiger partial charge in [-0.1, -0.05) is 34.4 Å². The van der Waals surface area contributed by atoms with E-state index < -0.39 is 0 Å². The molecule has 2 aromatic rings. The van der Waals surface area contributed by atoms with Crippen LogP contribution in [-0.2, 0) is 6.54 Å². The lowest BCUT2D eigenvalue weighted by molar-refractivity contribution is 0.0751. The highest BCUT2D eigenvalue weighted by Gasteiger charge is 2.28. The van der Waals surface area contributed by atoms with E-state index >= 15 is 0 Å². The molecule has 0 radical (unpaired) electrons. The molecule has 0 N–H and O–H groups in total. The lowest BCUT2D eigenvalue weighted by atomic mass is 9.94. The third-order valence-electron chi connectivity index (χ3n) is 5.45. The number of rotatable bonds is 4. The number of likely N-dealkylation sites (tertiary alicyclic amines) is 2. The van der Waals surface area contributed by atoms with E-state index in [1.165, 1.54) is 0 Å². The lowest BCUT2D eigenvalue weighted by Crippen LogP contribution is -2.34. The Balaban J connectivity index is 1.40.